The molecule has 4 nitrogen and oxygen atoms in total. The van der Waals surface area contributed by atoms with Crippen LogP contribution >= 0.6 is 0 Å². The molecule has 0 saturated carbocycles. The Morgan fingerprint density at radius 1 is 1.42 bits per heavy atom. The van der Waals surface area contributed by atoms with Crippen molar-refractivity contribution in [1.82, 2.24) is 4.98 Å². The van der Waals surface area contributed by atoms with Gasteiger partial charge in [-0.2, -0.15) is 5.26 Å². The van der Waals surface area contributed by atoms with Gasteiger partial charge in [-0.1, -0.05) is 12.9 Å². The third-order valence-corrected chi connectivity index (χ3v) is 3.15. The summed E-state index contributed by atoms with van der Waals surface area (Å²) in [7, 11) is 0. The summed E-state index contributed by atoms with van der Waals surface area (Å²) in [6.45, 7) is 2.76. The fourth-order valence-electron chi connectivity index (χ4n) is 2.14. The van der Waals surface area contributed by atoms with E-state index in [2.05, 4.69) is 11.1 Å². The molecule has 0 spiro atoms. The fraction of sp³-hybridized carbons (Fsp3) is 0.143. The van der Waals surface area contributed by atoms with E-state index in [4.69, 9.17) is 14.7 Å². The van der Waals surface area contributed by atoms with Crippen molar-refractivity contribution in [1.29, 1.82) is 5.26 Å². The molecular weight excluding hydrogens is 239 g/mol. The van der Waals surface area contributed by atoms with E-state index in [9.17, 15) is 0 Å². The van der Waals surface area contributed by atoms with Gasteiger partial charge in [0.15, 0.2) is 0 Å². The highest BCUT2D eigenvalue weighted by Crippen LogP contribution is 2.24. The second-order valence-electron chi connectivity index (χ2n) is 4.38. The monoisotopic (exact) mass is 250 g/mol. The minimum atomic E-state index is 0.133. The van der Waals surface area contributed by atoms with Gasteiger partial charge in [-0.3, -0.25) is 0 Å². The Kier molecular flexibility index (Phi) is 2.94. The molecule has 5 heteroatoms. The van der Waals surface area contributed by atoms with Crippen LogP contribution in [0.2, 0.25) is 6.82 Å². The highest BCUT2D eigenvalue weighted by molar-refractivity contribution is 6.67. The van der Waals surface area contributed by atoms with E-state index in [1.54, 1.807) is 18.3 Å². The van der Waals surface area contributed by atoms with Crippen molar-refractivity contribution in [3.05, 3.63) is 47.7 Å². The van der Waals surface area contributed by atoms with Crippen molar-refractivity contribution in [3.63, 3.8) is 0 Å². The second-order valence-corrected chi connectivity index (χ2v) is 4.38. The average molecular weight is 250 g/mol. The highest BCUT2D eigenvalue weighted by atomic mass is 16.5. The normalized spacial score (nSPS) is 12.9. The van der Waals surface area contributed by atoms with E-state index < -0.39 is 0 Å². The van der Waals surface area contributed by atoms with Crippen LogP contribution in [0.15, 0.2) is 36.5 Å². The molecule has 19 heavy (non-hydrogen) atoms. The Labute approximate surface area is 111 Å². The van der Waals surface area contributed by atoms with Gasteiger partial charge in [0.2, 0.25) is 5.88 Å². The van der Waals surface area contributed by atoms with Gasteiger partial charge in [0.05, 0.1) is 6.61 Å². The summed E-state index contributed by atoms with van der Waals surface area (Å²) in [5.41, 5.74) is 2.74. The number of ether oxygens (including phenoxy) is 1. The van der Waals surface area contributed by atoms with Gasteiger partial charge in [-0.05, 0) is 35.3 Å². The maximum Gasteiger partial charge on any atom is 0.324 e. The van der Waals surface area contributed by atoms with Crippen molar-refractivity contribution in [2.75, 3.05) is 0 Å². The fourth-order valence-corrected chi connectivity index (χ4v) is 2.14. The molecule has 0 amide bonds. The molecule has 1 aromatic heterocycles. The van der Waals surface area contributed by atoms with Crippen molar-refractivity contribution in [2.24, 2.45) is 0 Å². The summed E-state index contributed by atoms with van der Waals surface area (Å²) >= 11 is 0. The lowest BCUT2D eigenvalue weighted by atomic mass is 9.64. The predicted octanol–water partition coefficient (Wildman–Crippen LogP) is 2.10. The van der Waals surface area contributed by atoms with Crippen molar-refractivity contribution in [2.45, 2.75) is 13.4 Å². The minimum absolute atomic E-state index is 0.133. The number of pyridine rings is 1. The van der Waals surface area contributed by atoms with Gasteiger partial charge in [0.1, 0.15) is 17.4 Å². The van der Waals surface area contributed by atoms with Crippen LogP contribution in [0.1, 0.15) is 11.1 Å². The molecule has 2 aromatic rings. The Morgan fingerprint density at radius 2 is 2.32 bits per heavy atom. The first-order valence-electron chi connectivity index (χ1n) is 6.05. The van der Waals surface area contributed by atoms with Gasteiger partial charge < -0.3 is 9.39 Å². The van der Waals surface area contributed by atoms with Crippen LogP contribution in [-0.2, 0) is 11.3 Å². The van der Waals surface area contributed by atoms with Gasteiger partial charge >= 0.3 is 6.92 Å². The lowest BCUT2D eigenvalue weighted by Crippen LogP contribution is -2.23. The van der Waals surface area contributed by atoms with Gasteiger partial charge in [0, 0.05) is 6.20 Å². The van der Waals surface area contributed by atoms with Gasteiger partial charge in [0.25, 0.3) is 0 Å². The molecule has 0 N–H and O–H groups in total. The zero-order chi connectivity index (χ0) is 13.2. The molecule has 3 rings (SSSR count). The van der Waals surface area contributed by atoms with Gasteiger partial charge in [-0.15, -0.1) is 0 Å². The van der Waals surface area contributed by atoms with E-state index in [1.165, 1.54) is 5.46 Å². The van der Waals surface area contributed by atoms with E-state index >= 15 is 0 Å². The number of nitriles is 1. The first-order valence-corrected chi connectivity index (χ1v) is 6.05. The van der Waals surface area contributed by atoms with Crippen LogP contribution in [0.3, 0.4) is 0 Å². The van der Waals surface area contributed by atoms with Gasteiger partial charge in [-0.25, -0.2) is 4.98 Å². The van der Waals surface area contributed by atoms with E-state index in [1.807, 2.05) is 25.0 Å². The molecular formula is C14H11BN2O2. The number of rotatable bonds is 2. The maximum absolute atomic E-state index is 9.00. The third-order valence-electron chi connectivity index (χ3n) is 3.15. The molecule has 2 heterocycles. The van der Waals surface area contributed by atoms with E-state index in [-0.39, 0.29) is 6.92 Å². The molecule has 0 bridgehead atoms. The first-order chi connectivity index (χ1) is 9.28. The van der Waals surface area contributed by atoms with Crippen molar-refractivity contribution in [3.8, 4) is 17.7 Å². The Morgan fingerprint density at radius 3 is 3.16 bits per heavy atom. The number of hydrogen-bond donors (Lipinski definition) is 0. The minimum Gasteiger partial charge on any atom is -0.438 e. The van der Waals surface area contributed by atoms with Crippen LogP contribution in [0.5, 0.6) is 11.6 Å². The zero-order valence-electron chi connectivity index (χ0n) is 10.5. The molecule has 0 fully saturated rings. The Balaban J connectivity index is 1.91. The van der Waals surface area contributed by atoms with E-state index in [0.29, 0.717) is 23.8 Å². The topological polar surface area (TPSA) is 55.1 Å². The lowest BCUT2D eigenvalue weighted by molar-refractivity contribution is 0.333. The number of fused-ring (bicyclic) bond motifs is 1. The van der Waals surface area contributed by atoms with Crippen LogP contribution in [0, 0.1) is 11.3 Å². The highest BCUT2D eigenvalue weighted by Gasteiger charge is 2.23. The smallest absolute Gasteiger partial charge is 0.324 e. The summed E-state index contributed by atoms with van der Waals surface area (Å²) in [6.07, 6.45) is 1.61. The molecule has 0 unspecified atom stereocenters. The number of benzene rings is 1. The number of nitrogens with zero attached hydrogens (tertiary/aromatic N) is 2. The Bertz CT molecular complexity index is 667. The summed E-state index contributed by atoms with van der Waals surface area (Å²) in [4.78, 5) is 4.08. The van der Waals surface area contributed by atoms with Crippen LogP contribution in [0.25, 0.3) is 0 Å². The first kappa shape index (κ1) is 11.8. The second kappa shape index (κ2) is 4.75. The quantitative estimate of drug-likeness (QED) is 0.766. The average Bonchev–Trinajstić information content (AvgIpc) is 2.81. The summed E-state index contributed by atoms with van der Waals surface area (Å²) in [6, 6.07) is 11.3. The van der Waals surface area contributed by atoms with Crippen LogP contribution < -0.4 is 10.2 Å². The summed E-state index contributed by atoms with van der Waals surface area (Å²) in [5, 5.41) is 9.00. The standard InChI is InChI=1S/C14H11BN2O2/c1-15-13-5-4-12(7-11(13)9-18-15)19-14-10(8-16)3-2-6-17-14/h2-7H,9H2,1H3. The molecule has 0 saturated heterocycles. The number of aromatic nitrogens is 1. The maximum atomic E-state index is 9.00. The molecule has 0 atom stereocenters. The summed E-state index contributed by atoms with van der Waals surface area (Å²) in [5.74, 6) is 1.00. The molecule has 1 aromatic carbocycles. The lowest BCUT2D eigenvalue weighted by Gasteiger charge is -2.07. The molecule has 0 radical (unpaired) electrons. The molecule has 1 aliphatic heterocycles. The van der Waals surface area contributed by atoms with Crippen molar-refractivity contribution < 1.29 is 9.39 Å². The van der Waals surface area contributed by atoms with Crippen LogP contribution in [0.4, 0.5) is 0 Å². The summed E-state index contributed by atoms with van der Waals surface area (Å²) < 4.78 is 11.2. The SMILES string of the molecule is CB1OCc2cc(Oc3ncccc3C#N)ccc21. The van der Waals surface area contributed by atoms with Crippen molar-refractivity contribution >= 4 is 12.4 Å². The third kappa shape index (κ3) is 2.18. The molecule has 0 aliphatic carbocycles. The van der Waals surface area contributed by atoms with Crippen LogP contribution in [-0.4, -0.2) is 11.9 Å². The predicted molar refractivity (Wildman–Crippen MR) is 71.5 cm³/mol. The molecule has 1 aliphatic rings. The van der Waals surface area contributed by atoms with E-state index in [0.717, 1.165) is 5.56 Å². The molecule has 92 valence electrons. The largest absolute Gasteiger partial charge is 0.438 e. The Hall–Kier alpha value is -2.32. The zero-order valence-corrected chi connectivity index (χ0v) is 10.5. The number of hydrogen-bond acceptors (Lipinski definition) is 4.